The van der Waals surface area contributed by atoms with Crippen LogP contribution in [0.5, 0.6) is 0 Å². The summed E-state index contributed by atoms with van der Waals surface area (Å²) in [6.45, 7) is 0. The predicted molar refractivity (Wildman–Crippen MR) is 119 cm³/mol. The lowest BCUT2D eigenvalue weighted by Gasteiger charge is -2.02. The van der Waals surface area contributed by atoms with Gasteiger partial charge in [0.15, 0.2) is 5.43 Å². The van der Waals surface area contributed by atoms with Crippen molar-refractivity contribution in [2.75, 3.05) is 0 Å². The van der Waals surface area contributed by atoms with Gasteiger partial charge in [0.1, 0.15) is 0 Å². The number of halogens is 1. The summed E-state index contributed by atoms with van der Waals surface area (Å²) in [5, 5.41) is 6.14. The molecule has 132 valence electrons. The van der Waals surface area contributed by atoms with Crippen LogP contribution in [-0.4, -0.2) is 5.78 Å². The van der Waals surface area contributed by atoms with Crippen LogP contribution in [0.4, 0.5) is 0 Å². The number of fused-ring (bicyclic) bond motifs is 3. The average molecular weight is 443 g/mol. The highest BCUT2D eigenvalue weighted by Gasteiger charge is 2.30. The van der Waals surface area contributed by atoms with Crippen molar-refractivity contribution in [2.45, 2.75) is 4.90 Å². The fourth-order valence-electron chi connectivity index (χ4n) is 4.22. The number of benzene rings is 4. The zero-order chi connectivity index (χ0) is 19.0. The minimum absolute atomic E-state index is 0.0574. The number of rotatable bonds is 0. The van der Waals surface area contributed by atoms with Crippen LogP contribution in [0.25, 0.3) is 37.2 Å². The molecule has 2 nitrogen and oxygen atoms in total. The predicted octanol–water partition coefficient (Wildman–Crippen LogP) is 5.52. The zero-order valence-electron chi connectivity index (χ0n) is 14.5. The third-order valence-corrected chi connectivity index (χ3v) is 7.42. The Morgan fingerprint density at radius 2 is 1.50 bits per heavy atom. The molecule has 0 N–H and O–H groups in total. The van der Waals surface area contributed by atoms with E-state index in [0.29, 0.717) is 21.1 Å². The summed E-state index contributed by atoms with van der Waals surface area (Å²) in [6, 6.07) is 21.5. The number of hydrogen-bond acceptors (Lipinski definition) is 3. The van der Waals surface area contributed by atoms with Gasteiger partial charge in [0, 0.05) is 30.9 Å². The third-order valence-electron chi connectivity index (χ3n) is 5.49. The van der Waals surface area contributed by atoms with E-state index in [1.54, 1.807) is 0 Å². The summed E-state index contributed by atoms with van der Waals surface area (Å²) < 4.78 is 0.951. The summed E-state index contributed by atoms with van der Waals surface area (Å²) in [5.74, 6) is -0.0574. The van der Waals surface area contributed by atoms with Gasteiger partial charge >= 0.3 is 0 Å². The molecule has 0 spiro atoms. The van der Waals surface area contributed by atoms with Crippen molar-refractivity contribution in [3.8, 4) is 0 Å². The summed E-state index contributed by atoms with van der Waals surface area (Å²) in [7, 11) is 0. The number of carbonyl (C=O) groups is 1. The monoisotopic (exact) mass is 442 g/mol. The summed E-state index contributed by atoms with van der Waals surface area (Å²) >= 11 is 5.01. The van der Waals surface area contributed by atoms with E-state index in [9.17, 15) is 9.59 Å². The Morgan fingerprint density at radius 3 is 2.39 bits per heavy atom. The summed E-state index contributed by atoms with van der Waals surface area (Å²) in [4.78, 5) is 28.1. The van der Waals surface area contributed by atoms with Gasteiger partial charge in [-0.1, -0.05) is 82.3 Å². The minimum Gasteiger partial charge on any atom is -0.289 e. The topological polar surface area (TPSA) is 34.1 Å². The first-order valence-electron chi connectivity index (χ1n) is 8.90. The second-order valence-corrected chi connectivity index (χ2v) is 8.83. The lowest BCUT2D eigenvalue weighted by Crippen LogP contribution is -2.23. The van der Waals surface area contributed by atoms with Crippen molar-refractivity contribution in [2.24, 2.45) is 0 Å². The molecule has 0 saturated heterocycles. The Kier molecular flexibility index (Phi) is 3.29. The highest BCUT2D eigenvalue weighted by atomic mass is 79.9. The normalized spacial score (nSPS) is 15.8. The van der Waals surface area contributed by atoms with Crippen LogP contribution in [0.15, 0.2) is 80.9 Å². The van der Waals surface area contributed by atoms with Crippen LogP contribution in [0.1, 0.15) is 10.4 Å². The highest BCUT2D eigenvalue weighted by molar-refractivity contribution is 9.10. The fraction of sp³-hybridized carbons (Fsp3) is 0. The molecule has 4 heteroatoms. The SMILES string of the molecule is O=C1C(=c2c(=O)c3cccc4c(Br)ccc2c43)Sc2c1ccc1ccccc21. The van der Waals surface area contributed by atoms with Crippen LogP contribution in [-0.2, 0) is 0 Å². The lowest BCUT2D eigenvalue weighted by atomic mass is 10.0. The molecule has 0 bridgehead atoms. The molecule has 1 aliphatic heterocycles. The summed E-state index contributed by atoms with van der Waals surface area (Å²) in [5.41, 5.74) is 0.620. The number of thioether (sulfide) groups is 1. The van der Waals surface area contributed by atoms with Gasteiger partial charge in [-0.05, 0) is 33.7 Å². The van der Waals surface area contributed by atoms with Crippen molar-refractivity contribution in [1.82, 2.24) is 0 Å². The Bertz CT molecular complexity index is 1590. The Hall–Kier alpha value is -2.69. The Labute approximate surface area is 172 Å². The largest absolute Gasteiger partial charge is 0.289 e. The molecule has 1 aliphatic rings. The van der Waals surface area contributed by atoms with Gasteiger partial charge in [0.25, 0.3) is 0 Å². The minimum atomic E-state index is -0.0633. The number of hydrogen-bond donors (Lipinski definition) is 0. The molecule has 0 aliphatic carbocycles. The molecule has 5 aromatic carbocycles. The fourth-order valence-corrected chi connectivity index (χ4v) is 5.96. The van der Waals surface area contributed by atoms with Crippen molar-refractivity contribution in [3.63, 3.8) is 0 Å². The van der Waals surface area contributed by atoms with E-state index >= 15 is 0 Å². The van der Waals surface area contributed by atoms with Crippen LogP contribution in [0.3, 0.4) is 0 Å². The lowest BCUT2D eigenvalue weighted by molar-refractivity contribution is 0.105. The van der Waals surface area contributed by atoms with Crippen molar-refractivity contribution in [1.29, 1.82) is 0 Å². The Morgan fingerprint density at radius 1 is 0.714 bits per heavy atom. The molecule has 0 fully saturated rings. The zero-order valence-corrected chi connectivity index (χ0v) is 16.9. The van der Waals surface area contributed by atoms with Crippen LogP contribution >= 0.6 is 27.7 Å². The summed E-state index contributed by atoms with van der Waals surface area (Å²) in [6.07, 6.45) is 0. The van der Waals surface area contributed by atoms with E-state index in [4.69, 9.17) is 0 Å². The first kappa shape index (κ1) is 16.3. The van der Waals surface area contributed by atoms with Gasteiger partial charge in [-0.15, -0.1) is 0 Å². The van der Waals surface area contributed by atoms with Gasteiger partial charge in [-0.3, -0.25) is 9.59 Å². The van der Waals surface area contributed by atoms with Crippen LogP contribution in [0.2, 0.25) is 0 Å². The van der Waals surface area contributed by atoms with E-state index < -0.39 is 0 Å². The molecule has 6 rings (SSSR count). The molecule has 0 amide bonds. The van der Waals surface area contributed by atoms with E-state index in [0.717, 1.165) is 36.3 Å². The van der Waals surface area contributed by atoms with Gasteiger partial charge in [-0.25, -0.2) is 0 Å². The maximum absolute atomic E-state index is 13.3. The second kappa shape index (κ2) is 5.66. The van der Waals surface area contributed by atoms with Gasteiger partial charge in [0.2, 0.25) is 5.78 Å². The van der Waals surface area contributed by atoms with E-state index in [2.05, 4.69) is 15.9 Å². The van der Waals surface area contributed by atoms with Crippen LogP contribution in [0, 0.1) is 0 Å². The first-order chi connectivity index (χ1) is 13.6. The maximum Gasteiger partial charge on any atom is 0.201 e. The average Bonchev–Trinajstić information content (AvgIpc) is 3.20. The number of ketones is 1. The second-order valence-electron chi connectivity index (χ2n) is 6.95. The van der Waals surface area contributed by atoms with Gasteiger partial charge < -0.3 is 0 Å². The molecule has 1 heterocycles. The van der Waals surface area contributed by atoms with Crippen molar-refractivity contribution >= 4 is 70.7 Å². The third kappa shape index (κ3) is 1.99. The first-order valence-corrected chi connectivity index (χ1v) is 10.5. The van der Waals surface area contributed by atoms with E-state index in [-0.39, 0.29) is 11.2 Å². The molecule has 28 heavy (non-hydrogen) atoms. The standard InChI is InChI=1S/C24H11BrO2S/c25-18-11-10-15-19-14(18)6-3-7-16(19)21(26)20(15)24-22(27)17-9-8-12-4-1-2-5-13(12)23(17)28-24/h1-11H. The molecule has 0 atom stereocenters. The van der Waals surface area contributed by atoms with Crippen molar-refractivity contribution < 1.29 is 4.79 Å². The maximum atomic E-state index is 13.3. The Balaban J connectivity index is 1.78. The molecule has 0 saturated carbocycles. The molecule has 0 radical (unpaired) electrons. The highest BCUT2D eigenvalue weighted by Crippen LogP contribution is 2.44. The smallest absolute Gasteiger partial charge is 0.201 e. The van der Waals surface area contributed by atoms with Crippen LogP contribution < -0.4 is 10.6 Å². The molecule has 5 aromatic rings. The molecule has 0 aromatic heterocycles. The quantitative estimate of drug-likeness (QED) is 0.316. The molecular formula is C24H11BrO2S. The van der Waals surface area contributed by atoms with Gasteiger partial charge in [-0.2, -0.15) is 0 Å². The van der Waals surface area contributed by atoms with E-state index in [1.807, 2.05) is 66.7 Å². The molecular weight excluding hydrogens is 432 g/mol. The van der Waals surface area contributed by atoms with Crippen molar-refractivity contribution in [3.05, 3.63) is 92.2 Å². The number of carbonyl (C=O) groups excluding carboxylic acids is 1. The van der Waals surface area contributed by atoms with Gasteiger partial charge in [0.05, 0.1) is 4.91 Å². The molecule has 0 unspecified atom stereocenters. The van der Waals surface area contributed by atoms with E-state index in [1.165, 1.54) is 11.8 Å². The number of Topliss-reactive ketones (excluding diaryl/α,β-unsaturated/α-hetero) is 1.